The Morgan fingerprint density at radius 2 is 1.68 bits per heavy atom. The zero-order chi connectivity index (χ0) is 28.5. The Labute approximate surface area is 235 Å². The number of nitriles is 2. The molecule has 3 unspecified atom stereocenters. The minimum atomic E-state index is -0.624. The number of likely N-dealkylation sites (tertiary alicyclic amines) is 2. The Morgan fingerprint density at radius 3 is 2.23 bits per heavy atom. The van der Waals surface area contributed by atoms with Gasteiger partial charge >= 0.3 is 0 Å². The maximum Gasteiger partial charge on any atom is 0.210 e. The first-order valence-corrected chi connectivity index (χ1v) is 13.2. The Morgan fingerprint density at radius 1 is 1.02 bits per heavy atom. The number of aliphatic imine (C=N–C) groups is 1. The van der Waals surface area contributed by atoms with Gasteiger partial charge in [-0.2, -0.15) is 10.5 Å². The first kappa shape index (κ1) is 28.8. The molecule has 2 N–H and O–H groups in total. The summed E-state index contributed by atoms with van der Waals surface area (Å²) in [5, 5.41) is 32.2. The lowest BCUT2D eigenvalue weighted by Crippen LogP contribution is -2.57. The highest BCUT2D eigenvalue weighted by molar-refractivity contribution is 5.81. The Hall–Kier alpha value is -4.19. The standard InChI is InChI=1S/C29H36N6O5/c1-37-26-9-21(10-27(38-2)28(26)39-3)12-32-29(33-19-31)35-15-22-8-23(16-35)14-34(13-22)17-24(36)18-40-25-6-4-20(11-30)5-7-25/h4-7,9-10,22-24,36H,8,12-18H2,1-3H3,(H,32,33). The van der Waals surface area contributed by atoms with Crippen LogP contribution < -0.4 is 24.3 Å². The van der Waals surface area contributed by atoms with Crippen molar-refractivity contribution >= 4 is 5.96 Å². The number of β-amino-alcohol motifs (C(OH)–C–C–N with tert-alkyl or cyclic N) is 1. The average Bonchev–Trinajstić information content (AvgIpc) is 2.97. The third-order valence-corrected chi connectivity index (χ3v) is 7.18. The van der Waals surface area contributed by atoms with Crippen molar-refractivity contribution < 1.29 is 24.1 Å². The smallest absolute Gasteiger partial charge is 0.210 e. The van der Waals surface area contributed by atoms with Crippen LogP contribution in [-0.2, 0) is 6.54 Å². The molecule has 212 valence electrons. The number of ether oxygens (including phenoxy) is 4. The van der Waals surface area contributed by atoms with Gasteiger partial charge in [-0.05, 0) is 60.2 Å². The number of benzene rings is 2. The second-order valence-electron chi connectivity index (χ2n) is 10.1. The summed E-state index contributed by atoms with van der Waals surface area (Å²) in [6.45, 7) is 4.40. The fourth-order valence-electron chi connectivity index (χ4n) is 5.57. The zero-order valence-electron chi connectivity index (χ0n) is 23.2. The van der Waals surface area contributed by atoms with Crippen LogP contribution in [0.1, 0.15) is 17.5 Å². The number of piperidine rings is 2. The number of rotatable bonds is 10. The first-order chi connectivity index (χ1) is 19.5. The molecule has 0 amide bonds. The fraction of sp³-hybridized carbons (Fsp3) is 0.483. The van der Waals surface area contributed by atoms with Crippen molar-refractivity contribution in [1.82, 2.24) is 15.1 Å². The van der Waals surface area contributed by atoms with Crippen molar-refractivity contribution in [3.8, 4) is 35.3 Å². The van der Waals surface area contributed by atoms with Crippen LogP contribution in [0.5, 0.6) is 23.0 Å². The lowest BCUT2D eigenvalue weighted by molar-refractivity contribution is 0.0140. The Balaban J connectivity index is 1.31. The predicted octanol–water partition coefficient (Wildman–Crippen LogP) is 2.20. The highest BCUT2D eigenvalue weighted by atomic mass is 16.5. The number of hydrogen-bond donors (Lipinski definition) is 2. The molecule has 11 heteroatoms. The highest BCUT2D eigenvalue weighted by Gasteiger charge is 2.36. The quantitative estimate of drug-likeness (QED) is 0.258. The molecule has 11 nitrogen and oxygen atoms in total. The largest absolute Gasteiger partial charge is 0.493 e. The normalized spacial score (nSPS) is 19.6. The molecule has 2 aromatic carbocycles. The van der Waals surface area contributed by atoms with Crippen LogP contribution in [0.2, 0.25) is 0 Å². The minimum absolute atomic E-state index is 0.188. The molecule has 2 saturated heterocycles. The van der Waals surface area contributed by atoms with Crippen molar-refractivity contribution in [2.75, 3.05) is 60.7 Å². The van der Waals surface area contributed by atoms with E-state index in [1.54, 1.807) is 45.6 Å². The number of guanidine groups is 1. The molecule has 2 aliphatic rings. The Kier molecular flexibility index (Phi) is 9.90. The molecule has 2 heterocycles. The van der Waals surface area contributed by atoms with Gasteiger partial charge in [0.05, 0.1) is 33.0 Å². The topological polar surface area (TPSA) is 136 Å². The van der Waals surface area contributed by atoms with E-state index in [1.807, 2.05) is 18.3 Å². The summed E-state index contributed by atoms with van der Waals surface area (Å²) in [6.07, 6.45) is 2.43. The summed E-state index contributed by atoms with van der Waals surface area (Å²) in [6, 6.07) is 12.7. The predicted molar refractivity (Wildman–Crippen MR) is 148 cm³/mol. The summed E-state index contributed by atoms with van der Waals surface area (Å²) in [5.74, 6) is 3.63. The summed E-state index contributed by atoms with van der Waals surface area (Å²) in [7, 11) is 4.72. The van der Waals surface area contributed by atoms with E-state index in [0.29, 0.717) is 59.4 Å². The van der Waals surface area contributed by atoms with Crippen LogP contribution in [-0.4, -0.2) is 87.6 Å². The van der Waals surface area contributed by atoms with Gasteiger partial charge in [0.15, 0.2) is 11.5 Å². The molecule has 0 aliphatic carbocycles. The lowest BCUT2D eigenvalue weighted by atomic mass is 9.84. The van der Waals surface area contributed by atoms with Gasteiger partial charge < -0.3 is 34.3 Å². The molecule has 2 fully saturated rings. The molecule has 2 bridgehead atoms. The van der Waals surface area contributed by atoms with Gasteiger partial charge in [0.1, 0.15) is 18.5 Å². The third kappa shape index (κ3) is 7.26. The molecule has 0 radical (unpaired) electrons. The van der Waals surface area contributed by atoms with Crippen LogP contribution in [0.3, 0.4) is 0 Å². The molecule has 4 rings (SSSR count). The number of nitrogens with zero attached hydrogens (tertiary/aromatic N) is 5. The van der Waals surface area contributed by atoms with E-state index in [4.69, 9.17) is 24.2 Å². The maximum atomic E-state index is 10.6. The monoisotopic (exact) mass is 548 g/mol. The van der Waals surface area contributed by atoms with Crippen LogP contribution in [0.4, 0.5) is 0 Å². The molecule has 0 aromatic heterocycles. The van der Waals surface area contributed by atoms with Gasteiger partial charge in [0, 0.05) is 39.3 Å². The number of hydrogen-bond acceptors (Lipinski definition) is 9. The van der Waals surface area contributed by atoms with Crippen LogP contribution >= 0.6 is 0 Å². The number of fused-ring (bicyclic) bond motifs is 2. The lowest BCUT2D eigenvalue weighted by Gasteiger charge is -2.46. The molecule has 2 aromatic rings. The highest BCUT2D eigenvalue weighted by Crippen LogP contribution is 2.38. The van der Waals surface area contributed by atoms with Crippen molar-refractivity contribution in [3.63, 3.8) is 0 Å². The summed E-state index contributed by atoms with van der Waals surface area (Å²) >= 11 is 0. The van der Waals surface area contributed by atoms with E-state index in [0.717, 1.165) is 38.2 Å². The molecule has 2 aliphatic heterocycles. The number of methoxy groups -OCH3 is 3. The summed E-state index contributed by atoms with van der Waals surface area (Å²) in [4.78, 5) is 8.56. The van der Waals surface area contributed by atoms with Gasteiger partial charge in [0.2, 0.25) is 17.9 Å². The SMILES string of the molecule is COc1cc(CN/C(=N\C#N)N2CC3CC(CN(CC(O)COc4ccc(C#N)cc4)C3)C2)cc(OC)c1OC. The van der Waals surface area contributed by atoms with E-state index in [2.05, 4.69) is 26.2 Å². The van der Waals surface area contributed by atoms with Gasteiger partial charge in [0.25, 0.3) is 0 Å². The van der Waals surface area contributed by atoms with Gasteiger partial charge in [-0.1, -0.05) is 0 Å². The van der Waals surface area contributed by atoms with Crippen LogP contribution in [0.15, 0.2) is 41.4 Å². The summed E-state index contributed by atoms with van der Waals surface area (Å²) < 4.78 is 22.0. The maximum absolute atomic E-state index is 10.6. The van der Waals surface area contributed by atoms with Crippen molar-refractivity contribution in [2.24, 2.45) is 16.8 Å². The number of aliphatic hydroxyl groups is 1. The molecular weight excluding hydrogens is 512 g/mol. The fourth-order valence-corrected chi connectivity index (χ4v) is 5.57. The average molecular weight is 549 g/mol. The minimum Gasteiger partial charge on any atom is -0.493 e. The summed E-state index contributed by atoms with van der Waals surface area (Å²) in [5.41, 5.74) is 1.47. The molecular formula is C29H36N6O5. The van der Waals surface area contributed by atoms with E-state index < -0.39 is 6.10 Å². The van der Waals surface area contributed by atoms with Crippen LogP contribution in [0, 0.1) is 34.6 Å². The first-order valence-electron chi connectivity index (χ1n) is 13.2. The zero-order valence-corrected chi connectivity index (χ0v) is 23.2. The van der Waals surface area contributed by atoms with Gasteiger partial charge in [-0.3, -0.25) is 4.90 Å². The second-order valence-corrected chi connectivity index (χ2v) is 10.1. The molecule has 3 atom stereocenters. The Bertz CT molecular complexity index is 1220. The van der Waals surface area contributed by atoms with Crippen molar-refractivity contribution in [1.29, 1.82) is 10.5 Å². The van der Waals surface area contributed by atoms with Crippen molar-refractivity contribution in [2.45, 2.75) is 19.1 Å². The van der Waals surface area contributed by atoms with E-state index >= 15 is 0 Å². The molecule has 0 saturated carbocycles. The number of aliphatic hydroxyl groups excluding tert-OH is 1. The number of nitrogens with one attached hydrogen (secondary N) is 1. The van der Waals surface area contributed by atoms with E-state index in [-0.39, 0.29) is 6.61 Å². The molecule has 0 spiro atoms. The second kappa shape index (κ2) is 13.7. The van der Waals surface area contributed by atoms with E-state index in [1.165, 1.54) is 0 Å². The van der Waals surface area contributed by atoms with Gasteiger partial charge in [-0.15, -0.1) is 4.99 Å². The van der Waals surface area contributed by atoms with Gasteiger partial charge in [-0.25, -0.2) is 0 Å². The van der Waals surface area contributed by atoms with Crippen molar-refractivity contribution in [3.05, 3.63) is 47.5 Å². The van der Waals surface area contributed by atoms with E-state index in [9.17, 15) is 10.4 Å². The third-order valence-electron chi connectivity index (χ3n) is 7.18. The molecule has 40 heavy (non-hydrogen) atoms. The van der Waals surface area contributed by atoms with Crippen LogP contribution in [0.25, 0.3) is 0 Å².